The lowest BCUT2D eigenvalue weighted by molar-refractivity contribution is -0.352. The molecule has 14 nitrogen and oxygen atoms in total. The molecule has 0 spiro atoms. The van der Waals surface area contributed by atoms with Crippen molar-refractivity contribution < 1.29 is 69.6 Å². The number of hydrogen-bond acceptors (Lipinski definition) is 14. The molecule has 2 saturated heterocycles. The van der Waals surface area contributed by atoms with Crippen LogP contribution >= 0.6 is 0 Å². The first-order valence-corrected chi connectivity index (χ1v) is 11.3. The smallest absolute Gasteiger partial charge is 0.209 e. The van der Waals surface area contributed by atoms with Gasteiger partial charge in [-0.15, -0.1) is 0 Å². The number of fused-ring (bicyclic) bond motifs is 1. The zero-order valence-electron chi connectivity index (χ0n) is 18.5. The van der Waals surface area contributed by atoms with Crippen LogP contribution in [0.25, 0.3) is 0 Å². The maximum absolute atomic E-state index is 10.4. The molecule has 0 aromatic heterocycles. The zero-order chi connectivity index (χ0) is 25.4. The van der Waals surface area contributed by atoms with Crippen LogP contribution in [0.4, 0.5) is 0 Å². The third-order valence-corrected chi connectivity index (χ3v) is 6.82. The molecule has 0 radical (unpaired) electrons. The molecule has 2 fully saturated rings. The van der Waals surface area contributed by atoms with Gasteiger partial charge in [-0.3, -0.25) is 0 Å². The first-order valence-electron chi connectivity index (χ1n) is 11.3. The largest absolute Gasteiger partial charge is 0.472 e. The number of rotatable bonds is 7. The van der Waals surface area contributed by atoms with E-state index >= 15 is 0 Å². The van der Waals surface area contributed by atoms with Crippen molar-refractivity contribution in [1.82, 2.24) is 0 Å². The summed E-state index contributed by atoms with van der Waals surface area (Å²) >= 11 is 0. The lowest BCUT2D eigenvalue weighted by atomic mass is 9.88. The first kappa shape index (κ1) is 26.8. The molecule has 0 amide bonds. The fraction of sp³-hybridized carbons (Fsp3) is 0.810. The van der Waals surface area contributed by atoms with Gasteiger partial charge in [-0.2, -0.15) is 0 Å². The highest BCUT2D eigenvalue weighted by Gasteiger charge is 2.50. The molecule has 3 aliphatic heterocycles. The van der Waals surface area contributed by atoms with Crippen molar-refractivity contribution in [2.75, 3.05) is 19.8 Å². The monoisotopic (exact) mass is 508 g/mol. The zero-order valence-corrected chi connectivity index (χ0v) is 18.5. The summed E-state index contributed by atoms with van der Waals surface area (Å²) in [5.74, 6) is -1.04. The third-order valence-electron chi connectivity index (χ3n) is 6.82. The van der Waals surface area contributed by atoms with Crippen LogP contribution in [0.2, 0.25) is 0 Å². The molecule has 200 valence electrons. The highest BCUT2D eigenvalue weighted by Crippen LogP contribution is 2.41. The second-order valence-corrected chi connectivity index (χ2v) is 9.01. The van der Waals surface area contributed by atoms with Gasteiger partial charge in [0.1, 0.15) is 48.8 Å². The van der Waals surface area contributed by atoms with E-state index < -0.39 is 98.9 Å². The van der Waals surface area contributed by atoms with Crippen molar-refractivity contribution in [3.8, 4) is 0 Å². The summed E-state index contributed by atoms with van der Waals surface area (Å²) in [6.45, 7) is -1.53. The fourth-order valence-electron chi connectivity index (χ4n) is 4.76. The molecule has 4 rings (SSSR count). The van der Waals surface area contributed by atoms with Gasteiger partial charge in [0.05, 0.1) is 38.1 Å². The van der Waals surface area contributed by atoms with Gasteiger partial charge in [0, 0.05) is 5.92 Å². The summed E-state index contributed by atoms with van der Waals surface area (Å²) < 4.78 is 27.5. The minimum Gasteiger partial charge on any atom is -0.472 e. The SMILES string of the molecule is OCC1=C[C@@H](O)[C@@H]2C=CO[C@@H](O[C@@H]3O[C@H](CO[C@H]4O[C@H](CO)[C@@H](O)[C@H](O)[C@H]4O)[C@@H](O)[C@H](O)[C@H]3O)[C@H]12. The number of aliphatic hydroxyl groups is 9. The van der Waals surface area contributed by atoms with Crippen LogP contribution in [-0.4, -0.2) is 140 Å². The molecule has 0 bridgehead atoms. The Morgan fingerprint density at radius 3 is 2.03 bits per heavy atom. The number of aliphatic hydroxyl groups excluding tert-OH is 9. The summed E-state index contributed by atoms with van der Waals surface area (Å²) in [6.07, 6.45) is -13.1. The third kappa shape index (κ3) is 5.13. The van der Waals surface area contributed by atoms with E-state index in [1.165, 1.54) is 12.3 Å². The van der Waals surface area contributed by atoms with Crippen molar-refractivity contribution in [2.24, 2.45) is 11.8 Å². The lowest BCUT2D eigenvalue weighted by Gasteiger charge is -2.44. The Morgan fingerprint density at radius 2 is 1.37 bits per heavy atom. The first-order chi connectivity index (χ1) is 16.7. The summed E-state index contributed by atoms with van der Waals surface area (Å²) in [5, 5.41) is 90.1. The molecular weight excluding hydrogens is 476 g/mol. The van der Waals surface area contributed by atoms with E-state index in [2.05, 4.69) is 0 Å². The van der Waals surface area contributed by atoms with Crippen molar-refractivity contribution >= 4 is 0 Å². The molecule has 4 aliphatic rings. The number of ether oxygens (including phenoxy) is 5. The Kier molecular flexibility index (Phi) is 8.44. The van der Waals surface area contributed by atoms with Gasteiger partial charge in [-0.1, -0.05) is 6.08 Å². The van der Waals surface area contributed by atoms with Gasteiger partial charge < -0.3 is 69.6 Å². The average Bonchev–Trinajstić information content (AvgIpc) is 3.19. The lowest BCUT2D eigenvalue weighted by Crippen LogP contribution is -2.62. The summed E-state index contributed by atoms with van der Waals surface area (Å²) in [6, 6.07) is 0. The standard InChI is InChI=1S/C21H32O14/c22-4-7-3-9(24)8-1-2-31-19(12(7)8)35-21-18(30)16(28)14(26)11(34-21)6-32-20-17(29)15(27)13(25)10(5-23)33-20/h1-3,8-30H,4-6H2/t8-,9+,10+,11+,12+,13+,14+,15-,16-,17+,18+,19-,20-,21-/m0/s1. The van der Waals surface area contributed by atoms with E-state index in [1.54, 1.807) is 6.08 Å². The maximum Gasteiger partial charge on any atom is 0.209 e. The molecule has 14 atom stereocenters. The second kappa shape index (κ2) is 11.0. The van der Waals surface area contributed by atoms with E-state index in [1.807, 2.05) is 0 Å². The average molecular weight is 508 g/mol. The highest BCUT2D eigenvalue weighted by molar-refractivity contribution is 5.25. The van der Waals surface area contributed by atoms with E-state index in [9.17, 15) is 46.0 Å². The molecule has 0 aromatic rings. The Hall–Kier alpha value is -1.24. The Morgan fingerprint density at radius 1 is 0.743 bits per heavy atom. The van der Waals surface area contributed by atoms with Gasteiger partial charge in [0.25, 0.3) is 0 Å². The van der Waals surface area contributed by atoms with Crippen molar-refractivity contribution in [3.05, 3.63) is 24.0 Å². The van der Waals surface area contributed by atoms with Crippen LogP contribution < -0.4 is 0 Å². The molecule has 0 aromatic carbocycles. The van der Waals surface area contributed by atoms with Gasteiger partial charge in [0.2, 0.25) is 6.29 Å². The van der Waals surface area contributed by atoms with E-state index in [4.69, 9.17) is 23.7 Å². The summed E-state index contributed by atoms with van der Waals surface area (Å²) in [5.41, 5.74) is 0.463. The van der Waals surface area contributed by atoms with Crippen molar-refractivity contribution in [2.45, 2.75) is 73.8 Å². The van der Waals surface area contributed by atoms with Crippen LogP contribution in [0.15, 0.2) is 24.0 Å². The Balaban J connectivity index is 1.41. The second-order valence-electron chi connectivity index (χ2n) is 9.01. The minimum absolute atomic E-state index is 0.361. The quantitative estimate of drug-likeness (QED) is 0.147. The van der Waals surface area contributed by atoms with Crippen LogP contribution in [0.3, 0.4) is 0 Å². The predicted octanol–water partition coefficient (Wildman–Crippen LogP) is -4.98. The van der Waals surface area contributed by atoms with Gasteiger partial charge in [-0.05, 0) is 11.6 Å². The molecule has 9 N–H and O–H groups in total. The van der Waals surface area contributed by atoms with Crippen LogP contribution in [0.5, 0.6) is 0 Å². The van der Waals surface area contributed by atoms with Gasteiger partial charge in [-0.25, -0.2) is 0 Å². The normalized spacial score (nSPS) is 49.9. The summed E-state index contributed by atoms with van der Waals surface area (Å²) in [4.78, 5) is 0. The summed E-state index contributed by atoms with van der Waals surface area (Å²) in [7, 11) is 0. The topological polar surface area (TPSA) is 228 Å². The molecule has 14 heteroatoms. The molecule has 1 aliphatic carbocycles. The van der Waals surface area contributed by atoms with E-state index in [-0.39, 0.29) is 6.61 Å². The fourth-order valence-corrected chi connectivity index (χ4v) is 4.76. The van der Waals surface area contributed by atoms with Gasteiger partial charge in [0.15, 0.2) is 12.6 Å². The van der Waals surface area contributed by atoms with Crippen LogP contribution in [-0.2, 0) is 23.7 Å². The van der Waals surface area contributed by atoms with E-state index in [0.717, 1.165) is 0 Å². The molecule has 3 heterocycles. The van der Waals surface area contributed by atoms with Crippen LogP contribution in [0.1, 0.15) is 0 Å². The van der Waals surface area contributed by atoms with Crippen molar-refractivity contribution in [1.29, 1.82) is 0 Å². The highest BCUT2D eigenvalue weighted by atomic mass is 16.8. The van der Waals surface area contributed by atoms with Gasteiger partial charge >= 0.3 is 0 Å². The minimum atomic E-state index is -1.73. The molecule has 35 heavy (non-hydrogen) atoms. The number of hydrogen-bond donors (Lipinski definition) is 9. The maximum atomic E-state index is 10.4. The van der Waals surface area contributed by atoms with Crippen molar-refractivity contribution in [3.63, 3.8) is 0 Å². The molecule has 0 unspecified atom stereocenters. The van der Waals surface area contributed by atoms with E-state index in [0.29, 0.717) is 5.57 Å². The predicted molar refractivity (Wildman–Crippen MR) is 110 cm³/mol. The Bertz CT molecular complexity index is 775. The van der Waals surface area contributed by atoms with Crippen LogP contribution in [0, 0.1) is 11.8 Å². The Labute approximate surface area is 199 Å². The molecule has 0 saturated carbocycles. The molecular formula is C21H32O14.